The Kier molecular flexibility index (Phi) is 10.7. The third-order valence-corrected chi connectivity index (χ3v) is 1.16. The molecule has 5 N–H and O–H groups in total. The van der Waals surface area contributed by atoms with Crippen molar-refractivity contribution >= 4 is 24.3 Å². The number of nitrogens with zero attached hydrogens (tertiary/aromatic N) is 1. The summed E-state index contributed by atoms with van der Waals surface area (Å²) >= 11 is 0. The zero-order valence-corrected chi connectivity index (χ0v) is 9.16. The maximum Gasteiger partial charge on any atom is 0.198 e. The molecule has 0 aromatic carbocycles. The first-order valence-electron chi connectivity index (χ1n) is 4.21. The highest BCUT2D eigenvalue weighted by atomic mass is 35.5. The van der Waals surface area contributed by atoms with Gasteiger partial charge in [0.05, 0.1) is 0 Å². The minimum absolute atomic E-state index is 0. The van der Waals surface area contributed by atoms with Crippen LogP contribution in [0.5, 0.6) is 0 Å². The molecular formula is C8H18ClN5. The normalized spacial score (nSPS) is 9.93. The summed E-state index contributed by atoms with van der Waals surface area (Å²) < 4.78 is 0. The van der Waals surface area contributed by atoms with E-state index < -0.39 is 0 Å². The van der Waals surface area contributed by atoms with Crippen LogP contribution in [0.4, 0.5) is 0 Å². The van der Waals surface area contributed by atoms with E-state index in [0.717, 1.165) is 6.42 Å². The Morgan fingerprint density at radius 2 is 2.29 bits per heavy atom. The Morgan fingerprint density at radius 1 is 1.64 bits per heavy atom. The van der Waals surface area contributed by atoms with Gasteiger partial charge in [-0.05, 0) is 6.42 Å². The molecule has 0 radical (unpaired) electrons. The van der Waals surface area contributed by atoms with E-state index in [1.165, 1.54) is 0 Å². The van der Waals surface area contributed by atoms with Crippen molar-refractivity contribution in [2.24, 2.45) is 10.7 Å². The molecule has 0 spiro atoms. The number of rotatable bonds is 4. The first-order valence-corrected chi connectivity index (χ1v) is 4.21. The summed E-state index contributed by atoms with van der Waals surface area (Å²) in [5.41, 5.74) is 5.16. The topological polar surface area (TPSA) is 86.3 Å². The van der Waals surface area contributed by atoms with Gasteiger partial charge >= 0.3 is 0 Å². The fourth-order valence-electron chi connectivity index (χ4n) is 0.660. The smallest absolute Gasteiger partial charge is 0.198 e. The number of halogens is 1. The first-order chi connectivity index (χ1) is 6.20. The van der Waals surface area contributed by atoms with Gasteiger partial charge < -0.3 is 11.1 Å². The van der Waals surface area contributed by atoms with Gasteiger partial charge in [0, 0.05) is 13.1 Å². The van der Waals surface area contributed by atoms with E-state index in [2.05, 4.69) is 22.2 Å². The fraction of sp³-hybridized carbons (Fsp3) is 0.500. The standard InChI is InChI=1S/C8H17N5.ClH/c1-3-5-11-8(12-6-4-2)13-7(9)10;/h3H,1,4-6H2,2H3,(H5,9,10,11,12,13);1H. The summed E-state index contributed by atoms with van der Waals surface area (Å²) in [5.74, 6) is 0.403. The number of hydrogen-bond acceptors (Lipinski definition) is 2. The molecule has 0 amide bonds. The van der Waals surface area contributed by atoms with Gasteiger partial charge in [0.2, 0.25) is 0 Å². The van der Waals surface area contributed by atoms with Crippen molar-refractivity contribution in [2.75, 3.05) is 13.1 Å². The third-order valence-electron chi connectivity index (χ3n) is 1.16. The molecule has 82 valence electrons. The largest absolute Gasteiger partial charge is 0.370 e. The monoisotopic (exact) mass is 219 g/mol. The number of nitrogens with two attached hydrogens (primary N) is 1. The van der Waals surface area contributed by atoms with E-state index >= 15 is 0 Å². The van der Waals surface area contributed by atoms with E-state index in [-0.39, 0.29) is 18.4 Å². The Bertz CT molecular complexity index is 202. The molecule has 0 unspecified atom stereocenters. The molecule has 0 rings (SSSR count). The molecule has 0 bridgehead atoms. The molecule has 0 heterocycles. The summed E-state index contributed by atoms with van der Waals surface area (Å²) in [4.78, 5) is 4.15. The maximum absolute atomic E-state index is 7.02. The van der Waals surface area contributed by atoms with Crippen LogP contribution in [-0.4, -0.2) is 25.0 Å². The van der Waals surface area contributed by atoms with Crippen LogP contribution in [0.1, 0.15) is 13.3 Å². The van der Waals surface area contributed by atoms with Crippen molar-refractivity contribution in [3.05, 3.63) is 12.7 Å². The lowest BCUT2D eigenvalue weighted by atomic mass is 10.5. The van der Waals surface area contributed by atoms with Gasteiger partial charge in [-0.25, -0.2) is 0 Å². The van der Waals surface area contributed by atoms with E-state index in [1.807, 2.05) is 6.92 Å². The van der Waals surface area contributed by atoms with Gasteiger partial charge in [-0.15, -0.1) is 19.0 Å². The second-order valence-corrected chi connectivity index (χ2v) is 2.44. The molecule has 5 nitrogen and oxygen atoms in total. The highest BCUT2D eigenvalue weighted by Crippen LogP contribution is 1.78. The van der Waals surface area contributed by atoms with Crippen molar-refractivity contribution in [3.8, 4) is 0 Å². The minimum Gasteiger partial charge on any atom is -0.370 e. The van der Waals surface area contributed by atoms with Crippen molar-refractivity contribution in [1.82, 2.24) is 10.6 Å². The molecule has 0 atom stereocenters. The average Bonchev–Trinajstić information content (AvgIpc) is 2.09. The van der Waals surface area contributed by atoms with Crippen LogP contribution in [-0.2, 0) is 0 Å². The number of hydrogen-bond donors (Lipinski definition) is 4. The lowest BCUT2D eigenvalue weighted by molar-refractivity contribution is 0.891. The molecular weight excluding hydrogens is 202 g/mol. The quantitative estimate of drug-likeness (QED) is 0.314. The third kappa shape index (κ3) is 8.86. The van der Waals surface area contributed by atoms with Gasteiger partial charge in [0.15, 0.2) is 11.9 Å². The molecule has 6 heteroatoms. The summed E-state index contributed by atoms with van der Waals surface area (Å²) in [6.45, 7) is 6.90. The Balaban J connectivity index is 0. The van der Waals surface area contributed by atoms with Crippen molar-refractivity contribution < 1.29 is 0 Å². The highest BCUT2D eigenvalue weighted by molar-refractivity contribution is 5.96. The SMILES string of the molecule is C=CCNC(=NCCC)NC(=N)N.Cl. The number of guanidine groups is 2. The lowest BCUT2D eigenvalue weighted by Gasteiger charge is -2.08. The predicted octanol–water partition coefficient (Wildman–Crippen LogP) is 0.433. The molecule has 0 aromatic heterocycles. The van der Waals surface area contributed by atoms with Crippen LogP contribution in [0.3, 0.4) is 0 Å². The molecule has 0 aromatic rings. The first kappa shape index (κ1) is 15.3. The van der Waals surface area contributed by atoms with Crippen LogP contribution < -0.4 is 16.4 Å². The Hall–Kier alpha value is -1.23. The van der Waals surface area contributed by atoms with E-state index in [0.29, 0.717) is 19.0 Å². The Labute approximate surface area is 90.8 Å². The minimum atomic E-state index is -0.119. The summed E-state index contributed by atoms with van der Waals surface area (Å²) in [6.07, 6.45) is 2.67. The number of nitrogens with one attached hydrogen (secondary N) is 3. The van der Waals surface area contributed by atoms with Crippen LogP contribution in [0.25, 0.3) is 0 Å². The molecule has 0 fully saturated rings. The van der Waals surface area contributed by atoms with Gasteiger partial charge in [-0.1, -0.05) is 13.0 Å². The number of aliphatic imine (C=N–C) groups is 1. The van der Waals surface area contributed by atoms with Gasteiger partial charge in [-0.3, -0.25) is 15.7 Å². The van der Waals surface area contributed by atoms with Crippen molar-refractivity contribution in [2.45, 2.75) is 13.3 Å². The lowest BCUT2D eigenvalue weighted by Crippen LogP contribution is -2.44. The van der Waals surface area contributed by atoms with Gasteiger partial charge in [-0.2, -0.15) is 0 Å². The molecule has 0 aliphatic carbocycles. The molecule has 0 aliphatic rings. The van der Waals surface area contributed by atoms with Gasteiger partial charge in [0.1, 0.15) is 0 Å². The zero-order valence-electron chi connectivity index (χ0n) is 8.34. The van der Waals surface area contributed by atoms with Crippen LogP contribution >= 0.6 is 12.4 Å². The van der Waals surface area contributed by atoms with E-state index in [9.17, 15) is 0 Å². The molecule has 0 saturated carbocycles. The van der Waals surface area contributed by atoms with Crippen LogP contribution in [0.15, 0.2) is 17.6 Å². The van der Waals surface area contributed by atoms with E-state index in [4.69, 9.17) is 11.1 Å². The average molecular weight is 220 g/mol. The predicted molar refractivity (Wildman–Crippen MR) is 63.1 cm³/mol. The van der Waals surface area contributed by atoms with Gasteiger partial charge in [0.25, 0.3) is 0 Å². The highest BCUT2D eigenvalue weighted by Gasteiger charge is 1.95. The van der Waals surface area contributed by atoms with Crippen molar-refractivity contribution in [1.29, 1.82) is 5.41 Å². The summed E-state index contributed by atoms with van der Waals surface area (Å²) in [6, 6.07) is 0. The summed E-state index contributed by atoms with van der Waals surface area (Å²) in [5, 5.41) is 12.6. The zero-order chi connectivity index (χ0) is 10.1. The van der Waals surface area contributed by atoms with Crippen LogP contribution in [0.2, 0.25) is 0 Å². The fourth-order valence-corrected chi connectivity index (χ4v) is 0.660. The second kappa shape index (κ2) is 9.85. The molecule has 0 aliphatic heterocycles. The van der Waals surface area contributed by atoms with E-state index in [1.54, 1.807) is 6.08 Å². The molecule has 0 saturated heterocycles. The van der Waals surface area contributed by atoms with Crippen LogP contribution in [0, 0.1) is 5.41 Å². The maximum atomic E-state index is 7.02. The Morgan fingerprint density at radius 3 is 2.71 bits per heavy atom. The second-order valence-electron chi connectivity index (χ2n) is 2.44. The van der Waals surface area contributed by atoms with Crippen molar-refractivity contribution in [3.63, 3.8) is 0 Å². The molecule has 14 heavy (non-hydrogen) atoms. The summed E-state index contributed by atoms with van der Waals surface area (Å²) in [7, 11) is 0.